The molecule has 2 aromatic rings. The zero-order valence-electron chi connectivity index (χ0n) is 17.3. The Hall–Kier alpha value is -2.29. The molecule has 1 amide bonds. The molecule has 0 saturated carbocycles. The van der Waals surface area contributed by atoms with Crippen LogP contribution in [0.25, 0.3) is 0 Å². The van der Waals surface area contributed by atoms with Crippen LogP contribution in [0.3, 0.4) is 0 Å². The van der Waals surface area contributed by atoms with Gasteiger partial charge in [0.15, 0.2) is 0 Å². The minimum Gasteiger partial charge on any atom is -0.488 e. The van der Waals surface area contributed by atoms with Gasteiger partial charge in [0.2, 0.25) is 0 Å². The van der Waals surface area contributed by atoms with Crippen LogP contribution in [0.1, 0.15) is 68.6 Å². The number of carbonyl (C=O) groups is 1. The van der Waals surface area contributed by atoms with Crippen LogP contribution in [0.4, 0.5) is 0 Å². The van der Waals surface area contributed by atoms with E-state index in [0.717, 1.165) is 12.2 Å². The maximum atomic E-state index is 12.5. The maximum Gasteiger partial charge on any atom is 0.251 e. The minimum absolute atomic E-state index is 0.00647. The van der Waals surface area contributed by atoms with Crippen molar-refractivity contribution in [1.29, 1.82) is 0 Å². The first-order chi connectivity index (χ1) is 12.5. The van der Waals surface area contributed by atoms with Gasteiger partial charge < -0.3 is 10.1 Å². The average Bonchev–Trinajstić information content (AvgIpc) is 3.00. The van der Waals surface area contributed by atoms with Gasteiger partial charge in [0.1, 0.15) is 11.9 Å². The molecule has 0 bridgehead atoms. The molecule has 1 N–H and O–H groups in total. The van der Waals surface area contributed by atoms with Crippen LogP contribution in [0.15, 0.2) is 42.5 Å². The molecule has 3 nitrogen and oxygen atoms in total. The lowest BCUT2D eigenvalue weighted by molar-refractivity contribution is 0.0933. The van der Waals surface area contributed by atoms with E-state index in [0.29, 0.717) is 12.1 Å². The SMILES string of the molecule is CC(C)(C)c1ccc(C(=O)NC[C@H]2Cc3cc(C(C)(C)C)ccc3O2)cc1. The van der Waals surface area contributed by atoms with E-state index in [-0.39, 0.29) is 22.8 Å². The van der Waals surface area contributed by atoms with E-state index in [1.165, 1.54) is 16.7 Å². The number of amides is 1. The number of nitrogens with one attached hydrogen (secondary N) is 1. The van der Waals surface area contributed by atoms with Crippen LogP contribution in [-0.4, -0.2) is 18.6 Å². The Balaban J connectivity index is 1.58. The van der Waals surface area contributed by atoms with Crippen LogP contribution in [-0.2, 0) is 17.3 Å². The summed E-state index contributed by atoms with van der Waals surface area (Å²) in [6.07, 6.45) is 0.829. The minimum atomic E-state index is -0.0506. The standard InChI is InChI=1S/C24H31NO2/c1-23(2,3)18-9-7-16(8-10-18)22(26)25-15-20-14-17-13-19(24(4,5)6)11-12-21(17)27-20/h7-13,20H,14-15H2,1-6H3,(H,25,26)/t20-/m1/s1. The molecule has 1 heterocycles. The van der Waals surface area contributed by atoms with Crippen LogP contribution in [0.5, 0.6) is 5.75 Å². The normalized spacial score (nSPS) is 16.6. The van der Waals surface area contributed by atoms with Gasteiger partial charge in [-0.15, -0.1) is 0 Å². The van der Waals surface area contributed by atoms with Crippen molar-refractivity contribution in [2.24, 2.45) is 0 Å². The van der Waals surface area contributed by atoms with Crippen LogP contribution < -0.4 is 10.1 Å². The Labute approximate surface area is 163 Å². The molecule has 0 spiro atoms. The summed E-state index contributed by atoms with van der Waals surface area (Å²) in [6.45, 7) is 13.7. The van der Waals surface area contributed by atoms with E-state index in [4.69, 9.17) is 4.74 Å². The first-order valence-corrected chi connectivity index (χ1v) is 9.73. The van der Waals surface area contributed by atoms with Crippen molar-refractivity contribution in [2.75, 3.05) is 6.54 Å². The third-order valence-electron chi connectivity index (χ3n) is 5.17. The third-order valence-corrected chi connectivity index (χ3v) is 5.17. The first-order valence-electron chi connectivity index (χ1n) is 9.73. The molecule has 144 valence electrons. The highest BCUT2D eigenvalue weighted by Gasteiger charge is 2.25. The summed E-state index contributed by atoms with van der Waals surface area (Å²) in [5.41, 5.74) is 4.67. The Morgan fingerprint density at radius 3 is 2.15 bits per heavy atom. The van der Waals surface area contributed by atoms with Gasteiger partial charge in [0, 0.05) is 12.0 Å². The first kappa shape index (κ1) is 19.5. The number of fused-ring (bicyclic) bond motifs is 1. The van der Waals surface area contributed by atoms with Crippen molar-refractivity contribution in [3.05, 3.63) is 64.7 Å². The number of carbonyl (C=O) groups excluding carboxylic acids is 1. The third kappa shape index (κ3) is 4.52. The fourth-order valence-corrected chi connectivity index (χ4v) is 3.33. The average molecular weight is 366 g/mol. The summed E-state index contributed by atoms with van der Waals surface area (Å²) in [5, 5.41) is 3.01. The monoisotopic (exact) mass is 365 g/mol. The summed E-state index contributed by atoms with van der Waals surface area (Å²) in [4.78, 5) is 12.5. The zero-order chi connectivity index (χ0) is 19.8. The van der Waals surface area contributed by atoms with Gasteiger partial charge in [-0.1, -0.05) is 65.8 Å². The van der Waals surface area contributed by atoms with E-state index < -0.39 is 0 Å². The molecule has 3 heteroatoms. The quantitative estimate of drug-likeness (QED) is 0.830. The van der Waals surface area contributed by atoms with Gasteiger partial charge in [0.25, 0.3) is 5.91 Å². The molecule has 1 aliphatic heterocycles. The fourth-order valence-electron chi connectivity index (χ4n) is 3.33. The highest BCUT2D eigenvalue weighted by atomic mass is 16.5. The van der Waals surface area contributed by atoms with Gasteiger partial charge in [-0.05, 0) is 45.7 Å². The maximum absolute atomic E-state index is 12.5. The second-order valence-electron chi connectivity index (χ2n) is 9.55. The molecule has 0 radical (unpaired) electrons. The van der Waals surface area contributed by atoms with Crippen LogP contribution in [0.2, 0.25) is 0 Å². The molecule has 27 heavy (non-hydrogen) atoms. The summed E-state index contributed by atoms with van der Waals surface area (Å²) in [5.74, 6) is 0.891. The highest BCUT2D eigenvalue weighted by molar-refractivity contribution is 5.94. The fraction of sp³-hybridized carbons (Fsp3) is 0.458. The Bertz CT molecular complexity index is 823. The van der Waals surface area contributed by atoms with Crippen molar-refractivity contribution >= 4 is 5.91 Å². The number of hydrogen-bond donors (Lipinski definition) is 1. The molecule has 0 unspecified atom stereocenters. The highest BCUT2D eigenvalue weighted by Crippen LogP contribution is 2.33. The molecule has 1 atom stereocenters. The van der Waals surface area contributed by atoms with Gasteiger partial charge in [-0.25, -0.2) is 0 Å². The predicted molar refractivity (Wildman–Crippen MR) is 111 cm³/mol. The topological polar surface area (TPSA) is 38.3 Å². The van der Waals surface area contributed by atoms with Crippen molar-refractivity contribution < 1.29 is 9.53 Å². The van der Waals surface area contributed by atoms with Crippen molar-refractivity contribution in [3.8, 4) is 5.75 Å². The van der Waals surface area contributed by atoms with Crippen molar-refractivity contribution in [2.45, 2.75) is 64.9 Å². The number of rotatable bonds is 3. The zero-order valence-corrected chi connectivity index (χ0v) is 17.3. The lowest BCUT2D eigenvalue weighted by Crippen LogP contribution is -2.34. The molecular weight excluding hydrogens is 334 g/mol. The number of ether oxygens (including phenoxy) is 1. The van der Waals surface area contributed by atoms with E-state index in [1.54, 1.807) is 0 Å². The Kier molecular flexibility index (Phi) is 5.07. The van der Waals surface area contributed by atoms with E-state index in [2.05, 4.69) is 65.1 Å². The van der Waals surface area contributed by atoms with Gasteiger partial charge in [-0.2, -0.15) is 0 Å². The van der Waals surface area contributed by atoms with E-state index >= 15 is 0 Å². The second kappa shape index (κ2) is 7.03. The Morgan fingerprint density at radius 1 is 0.963 bits per heavy atom. The molecule has 0 fully saturated rings. The van der Waals surface area contributed by atoms with Crippen LogP contribution >= 0.6 is 0 Å². The Morgan fingerprint density at radius 2 is 1.56 bits per heavy atom. The smallest absolute Gasteiger partial charge is 0.251 e. The summed E-state index contributed by atoms with van der Waals surface area (Å²) >= 11 is 0. The molecule has 2 aromatic carbocycles. The van der Waals surface area contributed by atoms with Crippen molar-refractivity contribution in [3.63, 3.8) is 0 Å². The number of benzene rings is 2. The molecule has 0 saturated heterocycles. The molecule has 0 aromatic heterocycles. The second-order valence-corrected chi connectivity index (χ2v) is 9.55. The largest absolute Gasteiger partial charge is 0.488 e. The van der Waals surface area contributed by atoms with Gasteiger partial charge >= 0.3 is 0 Å². The van der Waals surface area contributed by atoms with Gasteiger partial charge in [-0.3, -0.25) is 4.79 Å². The van der Waals surface area contributed by atoms with E-state index in [1.807, 2.05) is 24.3 Å². The van der Waals surface area contributed by atoms with E-state index in [9.17, 15) is 4.79 Å². The molecule has 3 rings (SSSR count). The summed E-state index contributed by atoms with van der Waals surface area (Å²) < 4.78 is 6.01. The lowest BCUT2D eigenvalue weighted by atomic mass is 9.86. The van der Waals surface area contributed by atoms with Crippen LogP contribution in [0, 0.1) is 0 Å². The predicted octanol–water partition coefficient (Wildman–Crippen LogP) is 5.02. The summed E-state index contributed by atoms with van der Waals surface area (Å²) in [6, 6.07) is 14.3. The summed E-state index contributed by atoms with van der Waals surface area (Å²) in [7, 11) is 0. The molecule has 0 aliphatic carbocycles. The molecule has 1 aliphatic rings. The number of hydrogen-bond acceptors (Lipinski definition) is 2. The van der Waals surface area contributed by atoms with Gasteiger partial charge in [0.05, 0.1) is 6.54 Å². The van der Waals surface area contributed by atoms with Crippen molar-refractivity contribution in [1.82, 2.24) is 5.32 Å². The molecular formula is C24H31NO2. The lowest BCUT2D eigenvalue weighted by Gasteiger charge is -2.19.